The van der Waals surface area contributed by atoms with E-state index in [1.165, 1.54) is 0 Å². The third-order valence-electron chi connectivity index (χ3n) is 4.26. The van der Waals surface area contributed by atoms with Crippen molar-refractivity contribution in [3.63, 3.8) is 0 Å². The van der Waals surface area contributed by atoms with Crippen molar-refractivity contribution in [3.05, 3.63) is 35.4 Å². The zero-order valence-corrected chi connectivity index (χ0v) is 18.4. The Hall–Kier alpha value is 0.112. The second-order valence-corrected chi connectivity index (χ2v) is 5.65. The fraction of sp³-hybridized carbons (Fsp3) is 0.500. The van der Waals surface area contributed by atoms with Gasteiger partial charge in [0.05, 0.1) is 6.61 Å². The fourth-order valence-electron chi connectivity index (χ4n) is 3.12. The number of carbonyl (C=O) groups is 2. The largest absolute Gasteiger partial charge is 0.448 e. The molecule has 115 valence electrons. The quantitative estimate of drug-likeness (QED) is 0.306. The molecule has 1 aromatic carbocycles. The third kappa shape index (κ3) is 2.93. The number of Topliss-reactive ketones (excluding diaryl/α,β-unsaturated/α-hetero) is 1. The predicted molar refractivity (Wildman–Crippen MR) is 70.1 cm³/mol. The summed E-state index contributed by atoms with van der Waals surface area (Å²) in [7, 11) is 0. The Morgan fingerprint density at radius 3 is 2.64 bits per heavy atom. The van der Waals surface area contributed by atoms with Gasteiger partial charge in [-0.3, -0.25) is 26.8 Å². The molecular formula is C16H16O4WY-2. The first-order valence-corrected chi connectivity index (χ1v) is 6.76. The van der Waals surface area contributed by atoms with Gasteiger partial charge in [0.15, 0.2) is 11.4 Å². The van der Waals surface area contributed by atoms with Gasteiger partial charge in [-0.1, -0.05) is 0 Å². The van der Waals surface area contributed by atoms with Gasteiger partial charge in [0.2, 0.25) is 0 Å². The summed E-state index contributed by atoms with van der Waals surface area (Å²) >= 11 is 0. The molecule has 22 heavy (non-hydrogen) atoms. The van der Waals surface area contributed by atoms with Crippen molar-refractivity contribution < 1.29 is 72.8 Å². The molecule has 0 bridgehead atoms. The molecule has 1 aromatic rings. The summed E-state index contributed by atoms with van der Waals surface area (Å²) in [5.41, 5.74) is -1.01. The minimum atomic E-state index is -1.29. The second-order valence-electron chi connectivity index (χ2n) is 5.65. The van der Waals surface area contributed by atoms with Gasteiger partial charge < -0.3 is 27.7 Å². The predicted octanol–water partition coefficient (Wildman–Crippen LogP) is 1.52. The van der Waals surface area contributed by atoms with Crippen molar-refractivity contribution in [2.24, 2.45) is 0 Å². The van der Waals surface area contributed by atoms with Crippen molar-refractivity contribution in [2.45, 2.75) is 37.7 Å². The maximum atomic E-state index is 12.9. The standard InChI is InChI=1S/C16H16O4.W.Y/c1-11-6-3-4-7-12(11)15(2)13(17)16(20-14(15)18)8-5-9-19-10-16;;/h4,6H,5,8-10H2,1-2H3;;/q-2;;. The Labute approximate surface area is 169 Å². The van der Waals surface area contributed by atoms with Crippen LogP contribution in [0.1, 0.15) is 30.9 Å². The molecule has 3 rings (SSSR count). The van der Waals surface area contributed by atoms with E-state index < -0.39 is 17.0 Å². The first-order valence-electron chi connectivity index (χ1n) is 6.76. The minimum absolute atomic E-state index is 0. The Morgan fingerprint density at radius 1 is 1.32 bits per heavy atom. The van der Waals surface area contributed by atoms with E-state index in [4.69, 9.17) is 9.47 Å². The molecule has 0 saturated carbocycles. The second kappa shape index (κ2) is 7.34. The van der Waals surface area contributed by atoms with Crippen LogP contribution in [0.3, 0.4) is 0 Å². The zero-order chi connectivity index (χ0) is 14.4. The number of ether oxygens (including phenoxy) is 2. The Balaban J connectivity index is 0.00000121. The summed E-state index contributed by atoms with van der Waals surface area (Å²) in [4.78, 5) is 25.3. The number of aryl methyl sites for hydroxylation is 1. The van der Waals surface area contributed by atoms with Crippen LogP contribution < -0.4 is 0 Å². The smallest absolute Gasteiger partial charge is 0.321 e. The average Bonchev–Trinajstić information content (AvgIpc) is 2.63. The topological polar surface area (TPSA) is 52.6 Å². The van der Waals surface area contributed by atoms with Crippen LogP contribution in [0.25, 0.3) is 0 Å². The van der Waals surface area contributed by atoms with Gasteiger partial charge in [-0.15, -0.1) is 6.92 Å². The van der Waals surface area contributed by atoms with Crippen molar-refractivity contribution >= 4 is 11.8 Å². The number of rotatable bonds is 1. The molecule has 2 heterocycles. The van der Waals surface area contributed by atoms with Crippen molar-refractivity contribution in [2.75, 3.05) is 13.2 Å². The molecule has 2 atom stereocenters. The maximum Gasteiger partial charge on any atom is 0.321 e. The molecule has 0 aliphatic carbocycles. The molecule has 0 amide bonds. The normalized spacial score (nSPS) is 30.5. The Bertz CT molecular complexity index is 583. The van der Waals surface area contributed by atoms with E-state index in [0.29, 0.717) is 18.6 Å². The average molecular weight is 545 g/mol. The molecule has 2 aliphatic heterocycles. The van der Waals surface area contributed by atoms with Gasteiger partial charge in [0.25, 0.3) is 0 Å². The van der Waals surface area contributed by atoms with Crippen LogP contribution in [-0.2, 0) is 78.3 Å². The van der Waals surface area contributed by atoms with Gasteiger partial charge in [0.1, 0.15) is 5.41 Å². The first-order chi connectivity index (χ1) is 9.51. The molecule has 1 radical (unpaired) electrons. The number of benzene rings is 1. The van der Waals surface area contributed by atoms with Gasteiger partial charge in [-0.25, -0.2) is 0 Å². The van der Waals surface area contributed by atoms with Gasteiger partial charge in [-0.05, 0) is 19.8 Å². The van der Waals surface area contributed by atoms with E-state index in [0.717, 1.165) is 12.0 Å². The summed E-state index contributed by atoms with van der Waals surface area (Å²) in [5.74, 6) is -0.709. The van der Waals surface area contributed by atoms with Crippen LogP contribution in [0.2, 0.25) is 0 Å². The van der Waals surface area contributed by atoms with Crippen LogP contribution in [0.4, 0.5) is 0 Å². The molecule has 4 nitrogen and oxygen atoms in total. The summed E-state index contributed by atoms with van der Waals surface area (Å²) in [5, 5.41) is 0. The minimum Gasteiger partial charge on any atom is -0.448 e. The molecule has 2 fully saturated rings. The number of hydrogen-bond donors (Lipinski definition) is 0. The van der Waals surface area contributed by atoms with E-state index in [-0.39, 0.29) is 66.2 Å². The molecular weight excluding hydrogens is 529 g/mol. The first kappa shape index (κ1) is 20.2. The molecule has 2 saturated heterocycles. The molecule has 2 aliphatic rings. The number of hydrogen-bond acceptors (Lipinski definition) is 4. The van der Waals surface area contributed by atoms with E-state index in [9.17, 15) is 9.59 Å². The summed E-state index contributed by atoms with van der Waals surface area (Å²) < 4.78 is 10.9. The van der Waals surface area contributed by atoms with Gasteiger partial charge in [-0.2, -0.15) is 0 Å². The van der Waals surface area contributed by atoms with E-state index >= 15 is 0 Å². The van der Waals surface area contributed by atoms with Crippen LogP contribution in [0.5, 0.6) is 0 Å². The molecule has 0 N–H and O–H groups in total. The number of esters is 1. The third-order valence-corrected chi connectivity index (χ3v) is 4.26. The SMILES string of the molecule is Cc1c[c-]c[c-]c1C1(C)C(=O)OC2(CCCOC2)C1=O.[W].[Y]. The Morgan fingerprint density at radius 2 is 2.05 bits per heavy atom. The van der Waals surface area contributed by atoms with Gasteiger partial charge >= 0.3 is 5.97 Å². The van der Waals surface area contributed by atoms with E-state index in [1.807, 2.05) is 6.92 Å². The summed E-state index contributed by atoms with van der Waals surface area (Å²) in [6.07, 6.45) is 1.26. The van der Waals surface area contributed by atoms with Crippen molar-refractivity contribution in [3.8, 4) is 0 Å². The molecule has 6 heteroatoms. The maximum absolute atomic E-state index is 12.9. The summed E-state index contributed by atoms with van der Waals surface area (Å²) in [6.45, 7) is 4.23. The van der Waals surface area contributed by atoms with Crippen LogP contribution in [0.15, 0.2) is 12.1 Å². The molecule has 0 aromatic heterocycles. The Kier molecular flexibility index (Phi) is 6.72. The summed E-state index contributed by atoms with van der Waals surface area (Å²) in [6, 6.07) is 9.23. The van der Waals surface area contributed by atoms with Crippen LogP contribution in [0, 0.1) is 19.1 Å². The van der Waals surface area contributed by atoms with E-state index in [2.05, 4.69) is 12.1 Å². The van der Waals surface area contributed by atoms with Crippen molar-refractivity contribution in [1.29, 1.82) is 0 Å². The number of ketones is 1. The van der Waals surface area contributed by atoms with Crippen LogP contribution in [-0.4, -0.2) is 30.6 Å². The monoisotopic (exact) mass is 545 g/mol. The van der Waals surface area contributed by atoms with Crippen molar-refractivity contribution in [1.82, 2.24) is 0 Å². The zero-order valence-electron chi connectivity index (χ0n) is 12.6. The van der Waals surface area contributed by atoms with Crippen LogP contribution >= 0.6 is 0 Å². The number of carbonyl (C=O) groups excluding carboxylic acids is 2. The fourth-order valence-corrected chi connectivity index (χ4v) is 3.12. The molecule has 1 spiro atoms. The molecule has 2 unspecified atom stereocenters. The van der Waals surface area contributed by atoms with Gasteiger partial charge in [0, 0.05) is 60.4 Å². The van der Waals surface area contributed by atoms with E-state index in [1.54, 1.807) is 19.1 Å².